The summed E-state index contributed by atoms with van der Waals surface area (Å²) in [5.41, 5.74) is 22.0. The SMILES string of the molecule is CN(C)C(=O)c1cc(-c2ccnc(Nc3ccccc3)n2)ccc1O[C@@H]1CCOC1.COc1cccc(Nc2nccc(-c3ccc(O[C@@H]4CCOC4)c(C(=O)N(C)C)c3)n2)c1.COc1cccc(Nc2nccc(-c3ccc(O[C@@H]4CCOC4)c(C(N)=O)c3)n2)c1.NC(=O)c1cc(-c2ccnc(Nc3ccccc3)n2)ccc1O[C@@H]1CCOC1. The molecule has 4 saturated heterocycles. The fraction of sp³-hybridized carbons (Fsp3) is 0.244. The van der Waals surface area contributed by atoms with Gasteiger partial charge in [0.05, 0.1) is 112 Å². The number of aromatic nitrogens is 8. The first-order valence-electron chi connectivity index (χ1n) is 38.8. The highest BCUT2D eigenvalue weighted by molar-refractivity contribution is 6.00. The minimum atomic E-state index is -0.561. The number of anilines is 8. The summed E-state index contributed by atoms with van der Waals surface area (Å²) in [6, 6.07) is 63.2. The number of ether oxygens (including phenoxy) is 10. The molecule has 16 rings (SSSR count). The first kappa shape index (κ1) is 83.7. The number of nitrogens with zero attached hydrogens (tertiary/aromatic N) is 10. The third-order valence-electron chi connectivity index (χ3n) is 19.0. The molecule has 0 saturated carbocycles. The predicted molar refractivity (Wildman–Crippen MR) is 454 cm³/mol. The highest BCUT2D eigenvalue weighted by Gasteiger charge is 2.27. The second kappa shape index (κ2) is 41.1. The van der Waals surface area contributed by atoms with Gasteiger partial charge in [-0.1, -0.05) is 48.5 Å². The number of carbonyl (C=O) groups excluding carboxylic acids is 4. The van der Waals surface area contributed by atoms with Gasteiger partial charge in [0.25, 0.3) is 23.6 Å². The Balaban J connectivity index is 0.000000138. The quantitative estimate of drug-likeness (QED) is 0.0293. The van der Waals surface area contributed by atoms with Crippen molar-refractivity contribution in [3.63, 3.8) is 0 Å². The van der Waals surface area contributed by atoms with Crippen LogP contribution in [0.25, 0.3) is 45.0 Å². The predicted octanol–water partition coefficient (Wildman–Crippen LogP) is 13.8. The van der Waals surface area contributed by atoms with Crippen molar-refractivity contribution in [3.8, 4) is 79.5 Å². The van der Waals surface area contributed by atoms with E-state index in [0.717, 1.165) is 82.2 Å². The summed E-state index contributed by atoms with van der Waals surface area (Å²) in [6.45, 7) is 4.75. The minimum absolute atomic E-state index is 0.0368. The lowest BCUT2D eigenvalue weighted by Crippen LogP contribution is -2.24. The Kier molecular flexibility index (Phi) is 28.7. The number of benzene rings is 8. The maximum absolute atomic E-state index is 12.8. The number of nitrogens with two attached hydrogens (primary N) is 2. The number of primary amides is 2. The van der Waals surface area contributed by atoms with Crippen molar-refractivity contribution >= 4 is 70.2 Å². The molecule has 616 valence electrons. The number of hydrogen-bond acceptors (Lipinski definition) is 26. The average molecular weight is 1620 g/mol. The Morgan fingerprint density at radius 3 is 0.883 bits per heavy atom. The smallest absolute Gasteiger partial charge is 0.257 e. The second-order valence-electron chi connectivity index (χ2n) is 28.1. The molecule has 4 aromatic heterocycles. The summed E-state index contributed by atoms with van der Waals surface area (Å²) in [7, 11) is 10.1. The van der Waals surface area contributed by atoms with E-state index in [1.807, 2.05) is 164 Å². The third-order valence-corrected chi connectivity index (χ3v) is 19.0. The lowest BCUT2D eigenvalue weighted by molar-refractivity contribution is 0.0810. The number of nitrogens with one attached hydrogen (secondary N) is 4. The summed E-state index contributed by atoms with van der Waals surface area (Å²) in [5.74, 6) is 3.94. The molecule has 12 aromatic rings. The van der Waals surface area contributed by atoms with Crippen LogP contribution in [-0.2, 0) is 18.9 Å². The number of para-hydroxylation sites is 2. The molecule has 4 fully saturated rings. The standard InChI is InChI=1S/C24H26N4O4.C23H24N4O3.C22H22N4O4.C21H20N4O3/c1-28(2)23(29)20-13-16(7-8-22(20)32-19-10-12-31-15-19)21-9-11-25-24(27-21)26-17-5-4-6-18(14-17)30-3;1-27(2)22(28)19-14-16(8-9-21(19)30-18-11-13-29-15-18)20-10-12-24-23(26-20)25-17-6-4-3-5-7-17;1-28-16-4-2-3-15(12-16)25-22-24-9-7-19(26-22)14-5-6-20(18(11-14)21(23)27)30-17-8-10-29-13-17;22-20(26)17-12-14(6-7-19(17)28-16-9-11-27-13-16)18-8-10-23-21(25-18)24-15-4-2-1-3-5-15/h4-9,11,13-14,19H,10,12,15H2,1-3H3,(H,25,26,27);3-10,12,14,18H,11,13,15H2,1-2H3,(H,24,25,26);2-7,9,11-12,17H,8,10,13H2,1H3,(H2,23,27)(H,24,25,26);1-8,10,12,16H,9,11,13H2,(H2,22,26)(H,23,24,25)/t19-;18-;17-;16-/m1111/s1. The molecule has 0 bridgehead atoms. The Bertz CT molecular complexity index is 5480. The molecule has 8 N–H and O–H groups in total. The molecule has 30 heteroatoms. The van der Waals surface area contributed by atoms with E-state index in [9.17, 15) is 19.2 Å². The molecule has 4 atom stereocenters. The summed E-state index contributed by atoms with van der Waals surface area (Å²) >= 11 is 0. The van der Waals surface area contributed by atoms with Crippen LogP contribution in [0, 0.1) is 0 Å². The molecule has 8 aromatic carbocycles. The first-order valence-corrected chi connectivity index (χ1v) is 38.8. The van der Waals surface area contributed by atoms with Crippen LogP contribution in [0.4, 0.5) is 46.5 Å². The van der Waals surface area contributed by atoms with E-state index in [1.54, 1.807) is 115 Å². The molecule has 30 nitrogen and oxygen atoms in total. The van der Waals surface area contributed by atoms with E-state index in [-0.39, 0.29) is 36.2 Å². The van der Waals surface area contributed by atoms with E-state index < -0.39 is 11.8 Å². The van der Waals surface area contributed by atoms with Crippen molar-refractivity contribution in [3.05, 3.63) is 253 Å². The molecule has 8 heterocycles. The van der Waals surface area contributed by atoms with Crippen LogP contribution in [0.5, 0.6) is 34.5 Å². The summed E-state index contributed by atoms with van der Waals surface area (Å²) in [5, 5.41) is 12.7. The molecule has 4 aliphatic rings. The molecule has 0 aliphatic carbocycles. The molecule has 0 spiro atoms. The molecule has 4 aliphatic heterocycles. The van der Waals surface area contributed by atoms with Gasteiger partial charge < -0.3 is 89.9 Å². The zero-order chi connectivity index (χ0) is 83.7. The zero-order valence-corrected chi connectivity index (χ0v) is 67.1. The molecule has 4 amide bonds. The molecule has 120 heavy (non-hydrogen) atoms. The highest BCUT2D eigenvalue weighted by atomic mass is 16.6. The van der Waals surface area contributed by atoms with Gasteiger partial charge in [0, 0.05) is 136 Å². The van der Waals surface area contributed by atoms with Crippen LogP contribution in [0.1, 0.15) is 67.1 Å². The third kappa shape index (κ3) is 23.1. The van der Waals surface area contributed by atoms with Gasteiger partial charge in [-0.15, -0.1) is 0 Å². The molecular formula is C90H92N16O14. The zero-order valence-electron chi connectivity index (χ0n) is 67.1. The lowest BCUT2D eigenvalue weighted by Gasteiger charge is -2.18. The number of hydrogen-bond donors (Lipinski definition) is 6. The van der Waals surface area contributed by atoms with Crippen molar-refractivity contribution < 1.29 is 66.5 Å². The van der Waals surface area contributed by atoms with Crippen molar-refractivity contribution in [1.29, 1.82) is 0 Å². The Morgan fingerprint density at radius 2 is 0.617 bits per heavy atom. The average Bonchev–Trinajstić information content (AvgIpc) is 1.00. The fourth-order valence-corrected chi connectivity index (χ4v) is 12.8. The monoisotopic (exact) mass is 1620 g/mol. The van der Waals surface area contributed by atoms with Gasteiger partial charge in [-0.05, 0) is 146 Å². The molecule has 0 unspecified atom stereocenters. The summed E-state index contributed by atoms with van der Waals surface area (Å²) < 4.78 is 55.8. The molecule has 0 radical (unpaired) electrons. The van der Waals surface area contributed by atoms with E-state index in [4.69, 9.17) is 58.8 Å². The van der Waals surface area contributed by atoms with Crippen LogP contribution < -0.4 is 61.2 Å². The van der Waals surface area contributed by atoms with E-state index >= 15 is 0 Å². The molecular weight excluding hydrogens is 1530 g/mol. The number of rotatable bonds is 26. The minimum Gasteiger partial charge on any atom is -0.497 e. The van der Waals surface area contributed by atoms with Crippen LogP contribution in [0.3, 0.4) is 0 Å². The van der Waals surface area contributed by atoms with Crippen molar-refractivity contribution in [2.24, 2.45) is 11.5 Å². The van der Waals surface area contributed by atoms with E-state index in [1.165, 1.54) is 4.90 Å². The van der Waals surface area contributed by atoms with E-state index in [2.05, 4.69) is 61.1 Å². The maximum atomic E-state index is 12.8. The van der Waals surface area contributed by atoms with Crippen molar-refractivity contribution in [2.45, 2.75) is 50.1 Å². The topological polar surface area (TPSA) is 370 Å². The van der Waals surface area contributed by atoms with Crippen LogP contribution in [0.2, 0.25) is 0 Å². The number of amides is 4. The van der Waals surface area contributed by atoms with Crippen LogP contribution in [-0.4, -0.2) is 193 Å². The van der Waals surface area contributed by atoms with Gasteiger partial charge in [0.2, 0.25) is 23.8 Å². The normalized spacial score (nSPS) is 15.6. The van der Waals surface area contributed by atoms with Crippen molar-refractivity contribution in [1.82, 2.24) is 49.7 Å². The lowest BCUT2D eigenvalue weighted by atomic mass is 10.1. The highest BCUT2D eigenvalue weighted by Crippen LogP contribution is 2.35. The number of carbonyl (C=O) groups is 4. The van der Waals surface area contributed by atoms with Gasteiger partial charge >= 0.3 is 0 Å². The fourth-order valence-electron chi connectivity index (χ4n) is 12.8. The van der Waals surface area contributed by atoms with Gasteiger partial charge in [0.15, 0.2) is 0 Å². The summed E-state index contributed by atoms with van der Waals surface area (Å²) in [4.78, 5) is 88.1. The van der Waals surface area contributed by atoms with Crippen LogP contribution in [0.15, 0.2) is 231 Å². The van der Waals surface area contributed by atoms with Gasteiger partial charge in [-0.2, -0.15) is 0 Å². The maximum Gasteiger partial charge on any atom is 0.257 e. The van der Waals surface area contributed by atoms with Gasteiger partial charge in [-0.25, -0.2) is 39.9 Å². The van der Waals surface area contributed by atoms with Crippen LogP contribution >= 0.6 is 0 Å². The Morgan fingerprint density at radius 1 is 0.342 bits per heavy atom. The second-order valence-corrected chi connectivity index (χ2v) is 28.1. The van der Waals surface area contributed by atoms with E-state index in [0.29, 0.717) is 145 Å². The number of methoxy groups -OCH3 is 2. The largest absolute Gasteiger partial charge is 0.497 e. The summed E-state index contributed by atoms with van der Waals surface area (Å²) in [6.07, 6.45) is 9.66. The Hall–Kier alpha value is -14.2. The van der Waals surface area contributed by atoms with Crippen molar-refractivity contribution in [2.75, 3.05) is 117 Å². The van der Waals surface area contributed by atoms with Gasteiger partial charge in [-0.3, -0.25) is 19.2 Å². The van der Waals surface area contributed by atoms with Gasteiger partial charge in [0.1, 0.15) is 58.9 Å². The Labute approximate surface area is 693 Å². The first-order chi connectivity index (χ1) is 58.4.